The first-order chi connectivity index (χ1) is 12.8. The number of likely N-dealkylation sites (N-methyl/N-ethyl adjacent to an activating group) is 2. The Labute approximate surface area is 157 Å². The van der Waals surface area contributed by atoms with Crippen molar-refractivity contribution in [3.63, 3.8) is 0 Å². The molecule has 9 heteroatoms. The van der Waals surface area contributed by atoms with Crippen LogP contribution in [0.4, 0.5) is 4.79 Å². The predicted molar refractivity (Wildman–Crippen MR) is 96.9 cm³/mol. The third kappa shape index (κ3) is 3.86. The molecule has 2 N–H and O–H groups in total. The largest absolute Gasteiger partial charge is 0.497 e. The second kappa shape index (κ2) is 8.07. The number of ether oxygens (including phenoxy) is 1. The van der Waals surface area contributed by atoms with Crippen LogP contribution in [-0.4, -0.2) is 67.8 Å². The molecule has 1 atom stereocenters. The predicted octanol–water partition coefficient (Wildman–Crippen LogP) is 0.0567. The molecular formula is C18H24N4O5. The topological polar surface area (TPSA) is 108 Å². The van der Waals surface area contributed by atoms with Crippen LogP contribution in [-0.2, 0) is 19.9 Å². The maximum Gasteiger partial charge on any atom is 0.325 e. The quantitative estimate of drug-likeness (QED) is 0.654. The molecule has 27 heavy (non-hydrogen) atoms. The minimum absolute atomic E-state index is 0.156. The smallest absolute Gasteiger partial charge is 0.325 e. The van der Waals surface area contributed by atoms with Crippen LogP contribution in [0.15, 0.2) is 24.3 Å². The fourth-order valence-corrected chi connectivity index (χ4v) is 2.92. The number of rotatable bonds is 7. The van der Waals surface area contributed by atoms with Crippen molar-refractivity contribution in [2.24, 2.45) is 0 Å². The van der Waals surface area contributed by atoms with Gasteiger partial charge in [-0.3, -0.25) is 19.3 Å². The van der Waals surface area contributed by atoms with Gasteiger partial charge in [-0.15, -0.1) is 0 Å². The molecular weight excluding hydrogens is 352 g/mol. The van der Waals surface area contributed by atoms with Gasteiger partial charge >= 0.3 is 6.03 Å². The normalized spacial score (nSPS) is 18.9. The summed E-state index contributed by atoms with van der Waals surface area (Å²) in [6.07, 6.45) is 0.322. The lowest BCUT2D eigenvalue weighted by molar-refractivity contribution is -0.139. The number of nitrogens with zero attached hydrogens (tertiary/aromatic N) is 2. The van der Waals surface area contributed by atoms with E-state index in [9.17, 15) is 19.2 Å². The zero-order valence-electron chi connectivity index (χ0n) is 15.9. The first-order valence-electron chi connectivity index (χ1n) is 8.52. The van der Waals surface area contributed by atoms with E-state index in [1.54, 1.807) is 31.2 Å². The van der Waals surface area contributed by atoms with Gasteiger partial charge in [0, 0.05) is 14.1 Å². The highest BCUT2D eigenvalue weighted by molar-refractivity contribution is 6.09. The zero-order chi connectivity index (χ0) is 20.2. The van der Waals surface area contributed by atoms with Gasteiger partial charge in [0.2, 0.25) is 11.8 Å². The van der Waals surface area contributed by atoms with Gasteiger partial charge in [0.1, 0.15) is 17.8 Å². The Kier molecular flexibility index (Phi) is 6.04. The van der Waals surface area contributed by atoms with Gasteiger partial charge in [-0.05, 0) is 24.1 Å². The van der Waals surface area contributed by atoms with Gasteiger partial charge in [-0.2, -0.15) is 0 Å². The standard InChI is InChI=1S/C18H24N4O5/c1-5-18(12-6-8-13(27-4)9-7-12)16(25)22(17(26)20-18)11-15(24)21(3)10-14(23)19-2/h6-9H,5,10-11H2,1-4H3,(H,19,23)(H,20,26)/t18-/m0/s1. The van der Waals surface area contributed by atoms with Crippen molar-refractivity contribution >= 4 is 23.8 Å². The van der Waals surface area contributed by atoms with Crippen molar-refractivity contribution in [3.05, 3.63) is 29.8 Å². The minimum atomic E-state index is -1.23. The maximum absolute atomic E-state index is 13.0. The van der Waals surface area contributed by atoms with Gasteiger partial charge in [-0.1, -0.05) is 19.1 Å². The summed E-state index contributed by atoms with van der Waals surface area (Å²) in [5.41, 5.74) is -0.624. The Bertz CT molecular complexity index is 749. The molecule has 0 unspecified atom stereocenters. The van der Waals surface area contributed by atoms with E-state index >= 15 is 0 Å². The summed E-state index contributed by atoms with van der Waals surface area (Å²) in [4.78, 5) is 51.2. The second-order valence-corrected chi connectivity index (χ2v) is 6.23. The van der Waals surface area contributed by atoms with Crippen molar-refractivity contribution < 1.29 is 23.9 Å². The van der Waals surface area contributed by atoms with E-state index in [2.05, 4.69) is 10.6 Å². The lowest BCUT2D eigenvalue weighted by Crippen LogP contribution is -2.46. The third-order valence-corrected chi connectivity index (χ3v) is 4.67. The minimum Gasteiger partial charge on any atom is -0.497 e. The molecule has 0 spiro atoms. The summed E-state index contributed by atoms with van der Waals surface area (Å²) in [5.74, 6) is -0.723. The number of hydrogen-bond acceptors (Lipinski definition) is 5. The molecule has 1 heterocycles. The Morgan fingerprint density at radius 1 is 1.26 bits per heavy atom. The van der Waals surface area contributed by atoms with Crippen LogP contribution >= 0.6 is 0 Å². The van der Waals surface area contributed by atoms with E-state index < -0.39 is 29.9 Å². The van der Waals surface area contributed by atoms with Crippen molar-refractivity contribution in [1.82, 2.24) is 20.4 Å². The fraction of sp³-hybridized carbons (Fsp3) is 0.444. The van der Waals surface area contributed by atoms with Crippen LogP contribution in [0.5, 0.6) is 5.75 Å². The lowest BCUT2D eigenvalue weighted by Gasteiger charge is -2.26. The molecule has 5 amide bonds. The van der Waals surface area contributed by atoms with E-state index in [1.807, 2.05) is 0 Å². The summed E-state index contributed by atoms with van der Waals surface area (Å²) in [6, 6.07) is 6.20. The molecule has 2 rings (SSSR count). The molecule has 0 radical (unpaired) electrons. The van der Waals surface area contributed by atoms with Gasteiger partial charge in [0.15, 0.2) is 0 Å². The van der Waals surface area contributed by atoms with Crippen molar-refractivity contribution in [2.75, 3.05) is 34.3 Å². The van der Waals surface area contributed by atoms with Crippen LogP contribution in [0.2, 0.25) is 0 Å². The first-order valence-corrected chi connectivity index (χ1v) is 8.52. The number of nitrogens with one attached hydrogen (secondary N) is 2. The molecule has 0 aromatic heterocycles. The molecule has 9 nitrogen and oxygen atoms in total. The highest BCUT2D eigenvalue weighted by Crippen LogP contribution is 2.33. The van der Waals surface area contributed by atoms with E-state index in [-0.39, 0.29) is 12.5 Å². The molecule has 1 saturated heterocycles. The number of methoxy groups -OCH3 is 1. The van der Waals surface area contributed by atoms with Crippen LogP contribution < -0.4 is 15.4 Å². The number of carbonyl (C=O) groups is 4. The zero-order valence-corrected chi connectivity index (χ0v) is 15.9. The average molecular weight is 376 g/mol. The molecule has 0 aliphatic carbocycles. The van der Waals surface area contributed by atoms with Gasteiger partial charge < -0.3 is 20.3 Å². The van der Waals surface area contributed by atoms with Crippen LogP contribution in [0.25, 0.3) is 0 Å². The molecule has 1 aliphatic heterocycles. The third-order valence-electron chi connectivity index (χ3n) is 4.67. The average Bonchev–Trinajstić information content (AvgIpc) is 2.92. The molecule has 1 fully saturated rings. The summed E-state index contributed by atoms with van der Waals surface area (Å²) in [6.45, 7) is 1.19. The van der Waals surface area contributed by atoms with Crippen LogP contribution in [0, 0.1) is 0 Å². The molecule has 146 valence electrons. The summed E-state index contributed by atoms with van der Waals surface area (Å²) in [5, 5.41) is 5.13. The first kappa shape index (κ1) is 20.2. The number of urea groups is 1. The summed E-state index contributed by atoms with van der Waals surface area (Å²) in [7, 11) is 4.44. The maximum atomic E-state index is 13.0. The summed E-state index contributed by atoms with van der Waals surface area (Å²) >= 11 is 0. The van der Waals surface area contributed by atoms with E-state index in [0.717, 1.165) is 4.90 Å². The number of hydrogen-bond donors (Lipinski definition) is 2. The van der Waals surface area contributed by atoms with Gasteiger partial charge in [-0.25, -0.2) is 4.79 Å². The number of amides is 5. The van der Waals surface area contributed by atoms with Gasteiger partial charge in [0.25, 0.3) is 5.91 Å². The Morgan fingerprint density at radius 3 is 2.41 bits per heavy atom. The van der Waals surface area contributed by atoms with Gasteiger partial charge in [0.05, 0.1) is 13.7 Å². The number of carbonyl (C=O) groups excluding carboxylic acids is 4. The summed E-state index contributed by atoms with van der Waals surface area (Å²) < 4.78 is 5.12. The molecule has 1 aromatic carbocycles. The SMILES string of the molecule is CC[C@@]1(c2ccc(OC)cc2)NC(=O)N(CC(=O)N(C)CC(=O)NC)C1=O. The number of imide groups is 1. The van der Waals surface area contributed by atoms with Crippen molar-refractivity contribution in [2.45, 2.75) is 18.9 Å². The van der Waals surface area contributed by atoms with Crippen LogP contribution in [0.3, 0.4) is 0 Å². The Morgan fingerprint density at radius 2 is 1.89 bits per heavy atom. The highest BCUT2D eigenvalue weighted by atomic mass is 16.5. The van der Waals surface area contributed by atoms with Crippen LogP contribution in [0.1, 0.15) is 18.9 Å². The highest BCUT2D eigenvalue weighted by Gasteiger charge is 2.51. The molecule has 1 aromatic rings. The fourth-order valence-electron chi connectivity index (χ4n) is 2.92. The van der Waals surface area contributed by atoms with E-state index in [0.29, 0.717) is 17.7 Å². The Hall–Kier alpha value is -3.10. The number of benzene rings is 1. The monoisotopic (exact) mass is 376 g/mol. The lowest BCUT2D eigenvalue weighted by atomic mass is 9.87. The van der Waals surface area contributed by atoms with E-state index in [1.165, 1.54) is 26.1 Å². The molecule has 1 aliphatic rings. The second-order valence-electron chi connectivity index (χ2n) is 6.23. The van der Waals surface area contributed by atoms with Crippen molar-refractivity contribution in [3.8, 4) is 5.75 Å². The van der Waals surface area contributed by atoms with Crippen molar-refractivity contribution in [1.29, 1.82) is 0 Å². The Balaban J connectivity index is 2.21. The molecule has 0 saturated carbocycles. The van der Waals surface area contributed by atoms with E-state index in [4.69, 9.17) is 4.74 Å². The molecule has 0 bridgehead atoms.